The number of pyridine rings is 1. The number of hydrogen-bond donors (Lipinski definition) is 2. The van der Waals surface area contributed by atoms with Crippen molar-refractivity contribution in [2.24, 2.45) is 5.73 Å². The number of ether oxygens (including phenoxy) is 2. The molecule has 0 saturated heterocycles. The summed E-state index contributed by atoms with van der Waals surface area (Å²) in [4.78, 5) is 14.7. The third-order valence-corrected chi connectivity index (χ3v) is 1.99. The van der Waals surface area contributed by atoms with Crippen molar-refractivity contribution in [3.63, 3.8) is 0 Å². The summed E-state index contributed by atoms with van der Waals surface area (Å²) in [5, 5.41) is 0. The van der Waals surface area contributed by atoms with E-state index in [1.807, 2.05) is 0 Å². The van der Waals surface area contributed by atoms with Gasteiger partial charge in [-0.15, -0.1) is 13.2 Å². The lowest BCUT2D eigenvalue weighted by Crippen LogP contribution is -2.22. The van der Waals surface area contributed by atoms with Gasteiger partial charge in [0.15, 0.2) is 0 Å². The van der Waals surface area contributed by atoms with Crippen LogP contribution in [-0.4, -0.2) is 24.4 Å². The lowest BCUT2D eigenvalue weighted by Gasteiger charge is -2.14. The molecule has 4 N–H and O–H groups in total. The van der Waals surface area contributed by atoms with Gasteiger partial charge in [-0.2, -0.15) is 0 Å². The summed E-state index contributed by atoms with van der Waals surface area (Å²) in [6.07, 6.45) is -4.06. The third kappa shape index (κ3) is 3.00. The van der Waals surface area contributed by atoms with E-state index in [0.29, 0.717) is 0 Å². The first-order chi connectivity index (χ1) is 8.30. The van der Waals surface area contributed by atoms with Crippen molar-refractivity contribution >= 4 is 11.7 Å². The van der Waals surface area contributed by atoms with Crippen LogP contribution in [-0.2, 0) is 11.3 Å². The molecule has 0 aliphatic heterocycles. The summed E-state index contributed by atoms with van der Waals surface area (Å²) in [5.74, 6) is -2.00. The number of rotatable bonds is 3. The molecule has 0 aliphatic rings. The zero-order valence-corrected chi connectivity index (χ0v) is 9.25. The van der Waals surface area contributed by atoms with E-state index in [1.165, 1.54) is 0 Å². The minimum absolute atomic E-state index is 0.0175. The second-order valence-electron chi connectivity index (χ2n) is 3.12. The molecule has 1 heterocycles. The van der Waals surface area contributed by atoms with Crippen molar-refractivity contribution in [2.75, 3.05) is 12.8 Å². The van der Waals surface area contributed by atoms with Crippen molar-refractivity contribution in [3.8, 4) is 5.88 Å². The summed E-state index contributed by atoms with van der Waals surface area (Å²) in [6, 6.07) is 0. The Morgan fingerprint density at radius 3 is 2.56 bits per heavy atom. The molecule has 0 unspecified atom stereocenters. The van der Waals surface area contributed by atoms with Crippen molar-refractivity contribution in [2.45, 2.75) is 12.9 Å². The van der Waals surface area contributed by atoms with Crippen LogP contribution in [0.4, 0.5) is 18.9 Å². The van der Waals surface area contributed by atoms with Crippen molar-refractivity contribution in [1.29, 1.82) is 0 Å². The van der Waals surface area contributed by atoms with Gasteiger partial charge in [0, 0.05) is 12.1 Å². The Balaban J connectivity index is 3.38. The topological polar surface area (TPSA) is 100 Å². The maximum atomic E-state index is 12.1. The van der Waals surface area contributed by atoms with E-state index in [0.717, 1.165) is 13.3 Å². The number of carbonyl (C=O) groups excluding carboxylic acids is 1. The lowest BCUT2D eigenvalue weighted by atomic mass is 10.1. The zero-order valence-electron chi connectivity index (χ0n) is 9.25. The number of anilines is 1. The summed E-state index contributed by atoms with van der Waals surface area (Å²) >= 11 is 0. The molecule has 0 spiro atoms. The normalized spacial score (nSPS) is 11.2. The number of esters is 1. The van der Waals surface area contributed by atoms with Crippen LogP contribution in [0, 0.1) is 0 Å². The molecule has 1 aromatic rings. The number of alkyl halides is 3. The van der Waals surface area contributed by atoms with E-state index in [4.69, 9.17) is 11.5 Å². The van der Waals surface area contributed by atoms with Crippen LogP contribution in [0.25, 0.3) is 0 Å². The Morgan fingerprint density at radius 2 is 2.11 bits per heavy atom. The van der Waals surface area contributed by atoms with Gasteiger partial charge in [0.2, 0.25) is 5.88 Å². The van der Waals surface area contributed by atoms with Crippen LogP contribution >= 0.6 is 0 Å². The van der Waals surface area contributed by atoms with E-state index in [9.17, 15) is 18.0 Å². The molecule has 0 amide bonds. The van der Waals surface area contributed by atoms with E-state index in [2.05, 4.69) is 14.5 Å². The fourth-order valence-electron chi connectivity index (χ4n) is 1.26. The van der Waals surface area contributed by atoms with Crippen LogP contribution in [0.5, 0.6) is 5.88 Å². The largest absolute Gasteiger partial charge is 0.574 e. The molecule has 0 atom stereocenters. The van der Waals surface area contributed by atoms with Gasteiger partial charge in [-0.05, 0) is 0 Å². The van der Waals surface area contributed by atoms with Crippen LogP contribution in [0.2, 0.25) is 0 Å². The molecular formula is C9H10F3N3O3. The number of halogens is 3. The number of carbonyl (C=O) groups is 1. The molecule has 0 fully saturated rings. The fourth-order valence-corrected chi connectivity index (χ4v) is 1.26. The predicted molar refractivity (Wildman–Crippen MR) is 54.6 cm³/mol. The molecule has 0 saturated carbocycles. The second kappa shape index (κ2) is 5.08. The van der Waals surface area contributed by atoms with Crippen LogP contribution in [0.3, 0.4) is 0 Å². The minimum atomic E-state index is -4.99. The molecule has 0 bridgehead atoms. The van der Waals surface area contributed by atoms with E-state index in [1.54, 1.807) is 0 Å². The molecular weight excluding hydrogens is 255 g/mol. The van der Waals surface area contributed by atoms with Gasteiger partial charge >= 0.3 is 12.3 Å². The summed E-state index contributed by atoms with van der Waals surface area (Å²) < 4.78 is 44.4. The highest BCUT2D eigenvalue weighted by Crippen LogP contribution is 2.29. The molecule has 0 aromatic carbocycles. The van der Waals surface area contributed by atoms with Crippen LogP contribution in [0.15, 0.2) is 6.20 Å². The first-order valence-electron chi connectivity index (χ1n) is 4.61. The predicted octanol–water partition coefficient (Wildman–Crippen LogP) is 0.808. The van der Waals surface area contributed by atoms with E-state index in [-0.39, 0.29) is 17.8 Å². The summed E-state index contributed by atoms with van der Waals surface area (Å²) in [5.41, 5.74) is 10.2. The van der Waals surface area contributed by atoms with Crippen molar-refractivity contribution in [1.82, 2.24) is 4.98 Å². The van der Waals surface area contributed by atoms with Gasteiger partial charge in [-0.1, -0.05) is 0 Å². The van der Waals surface area contributed by atoms with E-state index >= 15 is 0 Å². The van der Waals surface area contributed by atoms with Crippen LogP contribution in [0.1, 0.15) is 15.9 Å². The average Bonchev–Trinajstić information content (AvgIpc) is 2.28. The fraction of sp³-hybridized carbons (Fsp3) is 0.333. The van der Waals surface area contributed by atoms with Crippen molar-refractivity contribution in [3.05, 3.63) is 17.3 Å². The Kier molecular flexibility index (Phi) is 3.96. The maximum absolute atomic E-state index is 12.1. The molecule has 100 valence electrons. The molecule has 1 rings (SSSR count). The Labute approximate surface area is 99.7 Å². The van der Waals surface area contributed by atoms with Gasteiger partial charge in [0.05, 0.1) is 19.0 Å². The summed E-state index contributed by atoms with van der Waals surface area (Å²) in [7, 11) is 1.00. The SMILES string of the molecule is COC(=O)c1c(OC(F)(F)F)ncc(N)c1CN. The number of hydrogen-bond acceptors (Lipinski definition) is 6. The molecule has 1 aromatic heterocycles. The third-order valence-electron chi connectivity index (χ3n) is 1.99. The first-order valence-corrected chi connectivity index (χ1v) is 4.61. The number of aromatic nitrogens is 1. The number of nitrogen functional groups attached to an aromatic ring is 1. The molecule has 0 radical (unpaired) electrons. The quantitative estimate of drug-likeness (QED) is 0.784. The standard InChI is InChI=1S/C9H10F3N3O3/c1-17-8(16)6-4(2-13)5(14)3-15-7(6)18-9(10,11)12/h3H,2,13-14H2,1H3. The van der Waals surface area contributed by atoms with Gasteiger partial charge in [0.1, 0.15) is 5.56 Å². The highest BCUT2D eigenvalue weighted by molar-refractivity contribution is 5.95. The Bertz CT molecular complexity index is 462. The highest BCUT2D eigenvalue weighted by atomic mass is 19.4. The van der Waals surface area contributed by atoms with Gasteiger partial charge < -0.3 is 20.9 Å². The second-order valence-corrected chi connectivity index (χ2v) is 3.12. The average molecular weight is 265 g/mol. The van der Waals surface area contributed by atoms with E-state index < -0.39 is 23.8 Å². The lowest BCUT2D eigenvalue weighted by molar-refractivity contribution is -0.276. The van der Waals surface area contributed by atoms with Gasteiger partial charge in [0.25, 0.3) is 0 Å². The minimum Gasteiger partial charge on any atom is -0.465 e. The molecule has 9 heteroatoms. The van der Waals surface area contributed by atoms with Gasteiger partial charge in [-0.3, -0.25) is 0 Å². The summed E-state index contributed by atoms with van der Waals surface area (Å²) in [6.45, 7) is -0.257. The number of nitrogens with zero attached hydrogens (tertiary/aromatic N) is 1. The van der Waals surface area contributed by atoms with Crippen LogP contribution < -0.4 is 16.2 Å². The Hall–Kier alpha value is -2.03. The molecule has 0 aliphatic carbocycles. The smallest absolute Gasteiger partial charge is 0.465 e. The number of nitrogens with two attached hydrogens (primary N) is 2. The first kappa shape index (κ1) is 14.0. The van der Waals surface area contributed by atoms with Gasteiger partial charge in [-0.25, -0.2) is 9.78 Å². The van der Waals surface area contributed by atoms with Crippen molar-refractivity contribution < 1.29 is 27.4 Å². The maximum Gasteiger partial charge on any atom is 0.574 e. The zero-order chi connectivity index (χ0) is 13.9. The monoisotopic (exact) mass is 265 g/mol. The highest BCUT2D eigenvalue weighted by Gasteiger charge is 2.35. The molecule has 18 heavy (non-hydrogen) atoms. The Morgan fingerprint density at radius 1 is 1.50 bits per heavy atom. The molecule has 6 nitrogen and oxygen atoms in total. The number of methoxy groups -OCH3 is 1.